The van der Waals surface area contributed by atoms with E-state index in [9.17, 15) is 9.90 Å². The molecule has 3 N–H and O–H groups in total. The average Bonchev–Trinajstić information content (AvgIpc) is 2.86. The Morgan fingerprint density at radius 2 is 2.12 bits per heavy atom. The molecule has 0 aromatic heterocycles. The number of halogens is 2. The van der Waals surface area contributed by atoms with Crippen LogP contribution in [-0.2, 0) is 4.79 Å². The highest BCUT2D eigenvalue weighted by molar-refractivity contribution is 9.10. The minimum Gasteiger partial charge on any atom is -0.507 e. The Kier molecular flexibility index (Phi) is 5.08. The van der Waals surface area contributed by atoms with Crippen LogP contribution in [0.15, 0.2) is 45.8 Å². The van der Waals surface area contributed by atoms with E-state index in [1.54, 1.807) is 30.3 Å². The molecule has 4 nitrogen and oxygen atoms in total. The molecule has 24 heavy (non-hydrogen) atoms. The summed E-state index contributed by atoms with van der Waals surface area (Å²) in [6.07, 6.45) is 1.68. The molecule has 0 bridgehead atoms. The number of hydrogen-bond donors (Lipinski definition) is 3. The second kappa shape index (κ2) is 7.09. The van der Waals surface area contributed by atoms with Crippen LogP contribution in [0.4, 0.5) is 5.69 Å². The van der Waals surface area contributed by atoms with Crippen LogP contribution in [0.25, 0.3) is 6.08 Å². The Hall–Kier alpha value is -1.63. The van der Waals surface area contributed by atoms with Gasteiger partial charge in [0.2, 0.25) is 0 Å². The summed E-state index contributed by atoms with van der Waals surface area (Å²) in [7, 11) is 0. The van der Waals surface area contributed by atoms with E-state index in [2.05, 4.69) is 26.6 Å². The van der Waals surface area contributed by atoms with E-state index in [1.165, 1.54) is 11.8 Å². The van der Waals surface area contributed by atoms with Crippen molar-refractivity contribution in [2.45, 2.75) is 12.4 Å². The predicted molar refractivity (Wildman–Crippen MR) is 103 cm³/mol. The topological polar surface area (TPSA) is 61.4 Å². The lowest BCUT2D eigenvalue weighted by molar-refractivity contribution is -0.116. The van der Waals surface area contributed by atoms with Crippen molar-refractivity contribution < 1.29 is 9.90 Å². The lowest BCUT2D eigenvalue weighted by atomic mass is 10.2. The smallest absolute Gasteiger partial charge is 0.260 e. The average molecular weight is 426 g/mol. The Bertz CT molecular complexity index is 841. The van der Waals surface area contributed by atoms with Crippen molar-refractivity contribution in [3.8, 4) is 5.75 Å². The minimum absolute atomic E-state index is 0.129. The van der Waals surface area contributed by atoms with Crippen LogP contribution in [0, 0.1) is 6.92 Å². The first-order chi connectivity index (χ1) is 11.4. The number of phenols is 1. The lowest BCUT2D eigenvalue weighted by Crippen LogP contribution is -2.31. The fourth-order valence-electron chi connectivity index (χ4n) is 2.28. The van der Waals surface area contributed by atoms with Gasteiger partial charge in [0.05, 0.1) is 4.91 Å². The molecule has 1 fully saturated rings. The maximum Gasteiger partial charge on any atom is 0.260 e. The van der Waals surface area contributed by atoms with E-state index < -0.39 is 0 Å². The number of phenolic OH excluding ortho intramolecular Hbond substituents is 1. The molecule has 1 saturated heterocycles. The van der Waals surface area contributed by atoms with Crippen molar-refractivity contribution >= 4 is 57.0 Å². The van der Waals surface area contributed by atoms with Gasteiger partial charge in [0, 0.05) is 20.7 Å². The van der Waals surface area contributed by atoms with Crippen LogP contribution in [-0.4, -0.2) is 16.5 Å². The van der Waals surface area contributed by atoms with Crippen molar-refractivity contribution in [1.29, 1.82) is 0 Å². The van der Waals surface area contributed by atoms with Gasteiger partial charge in [-0.3, -0.25) is 4.79 Å². The molecule has 0 saturated carbocycles. The number of rotatable bonds is 3. The number of aromatic hydroxyl groups is 1. The third-order valence-electron chi connectivity index (χ3n) is 3.48. The van der Waals surface area contributed by atoms with Crippen LogP contribution in [0.3, 0.4) is 0 Å². The molecule has 2 aromatic rings. The number of hydrogen-bond acceptors (Lipinski definition) is 4. The SMILES string of the molecule is Cc1cc(Cl)ccc1NC1NC(=O)/C(=C/c2cc(Br)ccc2O)S1. The molecule has 3 rings (SSSR count). The van der Waals surface area contributed by atoms with E-state index in [0.717, 1.165) is 15.7 Å². The van der Waals surface area contributed by atoms with Crippen molar-refractivity contribution in [3.63, 3.8) is 0 Å². The number of thioether (sulfide) groups is 1. The van der Waals surface area contributed by atoms with E-state index in [-0.39, 0.29) is 17.2 Å². The van der Waals surface area contributed by atoms with E-state index in [4.69, 9.17) is 11.6 Å². The second-order valence-electron chi connectivity index (χ2n) is 5.29. The van der Waals surface area contributed by atoms with Gasteiger partial charge in [-0.05, 0) is 55.0 Å². The summed E-state index contributed by atoms with van der Waals surface area (Å²) in [5.74, 6) is -0.0486. The highest BCUT2D eigenvalue weighted by Crippen LogP contribution is 2.33. The molecular formula is C17H14BrClN2O2S. The molecule has 1 aliphatic heterocycles. The number of carbonyl (C=O) groups excluding carboxylic acids is 1. The number of amides is 1. The monoisotopic (exact) mass is 424 g/mol. The summed E-state index contributed by atoms with van der Waals surface area (Å²) < 4.78 is 0.835. The zero-order chi connectivity index (χ0) is 17.3. The fraction of sp³-hybridized carbons (Fsp3) is 0.118. The molecule has 2 aromatic carbocycles. The molecule has 1 heterocycles. The largest absolute Gasteiger partial charge is 0.507 e. The van der Waals surface area contributed by atoms with Crippen molar-refractivity contribution in [1.82, 2.24) is 5.32 Å². The molecule has 7 heteroatoms. The van der Waals surface area contributed by atoms with Gasteiger partial charge < -0.3 is 15.7 Å². The summed E-state index contributed by atoms with van der Waals surface area (Å²) in [6, 6.07) is 10.6. The van der Waals surface area contributed by atoms with E-state index >= 15 is 0 Å². The van der Waals surface area contributed by atoms with Gasteiger partial charge in [0.15, 0.2) is 5.50 Å². The van der Waals surface area contributed by atoms with Gasteiger partial charge in [0.1, 0.15) is 5.75 Å². The first-order valence-corrected chi connectivity index (χ1v) is 9.18. The summed E-state index contributed by atoms with van der Waals surface area (Å²) in [5, 5.41) is 16.7. The second-order valence-corrected chi connectivity index (χ2v) is 7.79. The first-order valence-electron chi connectivity index (χ1n) is 7.13. The summed E-state index contributed by atoms with van der Waals surface area (Å²) in [4.78, 5) is 12.7. The Balaban J connectivity index is 1.78. The van der Waals surface area contributed by atoms with Crippen LogP contribution < -0.4 is 10.6 Å². The van der Waals surface area contributed by atoms with Gasteiger partial charge in [0.25, 0.3) is 5.91 Å². The summed E-state index contributed by atoms with van der Waals surface area (Å²) in [5.41, 5.74) is 2.21. The normalized spacial score (nSPS) is 18.7. The number of anilines is 1. The molecule has 1 aliphatic rings. The van der Waals surface area contributed by atoms with Gasteiger partial charge in [-0.25, -0.2) is 0 Å². The molecule has 0 radical (unpaired) electrons. The van der Waals surface area contributed by atoms with Gasteiger partial charge in [-0.15, -0.1) is 0 Å². The zero-order valence-corrected chi connectivity index (χ0v) is 15.8. The molecule has 1 amide bonds. The van der Waals surface area contributed by atoms with Gasteiger partial charge in [-0.2, -0.15) is 0 Å². The Morgan fingerprint density at radius 1 is 1.33 bits per heavy atom. The van der Waals surface area contributed by atoms with E-state index in [1.807, 2.05) is 19.1 Å². The maximum absolute atomic E-state index is 12.2. The molecule has 1 unspecified atom stereocenters. The molecule has 1 atom stereocenters. The third kappa shape index (κ3) is 3.88. The van der Waals surface area contributed by atoms with Crippen LogP contribution in [0.2, 0.25) is 5.02 Å². The van der Waals surface area contributed by atoms with Crippen molar-refractivity contribution in [2.75, 3.05) is 5.32 Å². The van der Waals surface area contributed by atoms with Crippen LogP contribution in [0.5, 0.6) is 5.75 Å². The highest BCUT2D eigenvalue weighted by atomic mass is 79.9. The highest BCUT2D eigenvalue weighted by Gasteiger charge is 2.27. The predicted octanol–water partition coefficient (Wildman–Crippen LogP) is 4.72. The van der Waals surface area contributed by atoms with Crippen LogP contribution in [0.1, 0.15) is 11.1 Å². The zero-order valence-electron chi connectivity index (χ0n) is 12.6. The number of nitrogens with one attached hydrogen (secondary N) is 2. The molecular weight excluding hydrogens is 412 g/mol. The standard InChI is InChI=1S/C17H14BrClN2O2S/c1-9-6-12(19)3-4-13(9)20-17-21-16(23)15(24-17)8-10-7-11(18)2-5-14(10)22/h2-8,17,20,22H,1H3,(H,21,23)/b15-8-. The molecule has 124 valence electrons. The number of carbonyl (C=O) groups is 1. The van der Waals surface area contributed by atoms with Gasteiger partial charge >= 0.3 is 0 Å². The maximum atomic E-state index is 12.2. The summed E-state index contributed by atoms with van der Waals surface area (Å²) in [6.45, 7) is 1.95. The van der Waals surface area contributed by atoms with Crippen molar-refractivity contribution in [2.24, 2.45) is 0 Å². The molecule has 0 aliphatic carbocycles. The Morgan fingerprint density at radius 3 is 2.88 bits per heavy atom. The molecule has 0 spiro atoms. The summed E-state index contributed by atoms with van der Waals surface area (Å²) >= 11 is 10.7. The van der Waals surface area contributed by atoms with Crippen LogP contribution >= 0.6 is 39.3 Å². The minimum atomic E-state index is -0.280. The quantitative estimate of drug-likeness (QED) is 0.623. The third-order valence-corrected chi connectivity index (χ3v) is 5.24. The lowest BCUT2D eigenvalue weighted by Gasteiger charge is -2.15. The van der Waals surface area contributed by atoms with Crippen molar-refractivity contribution in [3.05, 3.63) is 61.9 Å². The van der Waals surface area contributed by atoms with E-state index in [0.29, 0.717) is 15.5 Å². The Labute approximate surface area is 157 Å². The number of aryl methyl sites for hydroxylation is 1. The fourth-order valence-corrected chi connectivity index (χ4v) is 3.85. The first kappa shape index (κ1) is 17.2. The van der Waals surface area contributed by atoms with Gasteiger partial charge in [-0.1, -0.05) is 39.3 Å². The number of benzene rings is 2.